The molecule has 0 aliphatic rings. The second-order valence-corrected chi connectivity index (χ2v) is 4.87. The van der Waals surface area contributed by atoms with E-state index in [-0.39, 0.29) is 6.61 Å². The molecule has 0 saturated carbocycles. The summed E-state index contributed by atoms with van der Waals surface area (Å²) in [7, 11) is 1.93. The summed E-state index contributed by atoms with van der Waals surface area (Å²) >= 11 is 1.80. The van der Waals surface area contributed by atoms with Crippen molar-refractivity contribution in [2.45, 2.75) is 25.9 Å². The second kappa shape index (κ2) is 6.93. The zero-order valence-corrected chi connectivity index (χ0v) is 11.0. The van der Waals surface area contributed by atoms with Crippen LogP contribution in [0.1, 0.15) is 17.7 Å². The normalized spacial score (nSPS) is 13.0. The van der Waals surface area contributed by atoms with Crippen LogP contribution in [0.2, 0.25) is 0 Å². The van der Waals surface area contributed by atoms with Gasteiger partial charge in [0.2, 0.25) is 0 Å². The standard InChI is InChI=1S/C11H21N3OS/c1-9-10(7-14(2)13-9)6-12-11(4-5-15)8-16-3/h7,11-12,15H,4-6,8H2,1-3H3. The van der Waals surface area contributed by atoms with Crippen LogP contribution in [0.5, 0.6) is 0 Å². The van der Waals surface area contributed by atoms with Gasteiger partial charge in [0.15, 0.2) is 0 Å². The van der Waals surface area contributed by atoms with E-state index >= 15 is 0 Å². The van der Waals surface area contributed by atoms with E-state index in [2.05, 4.69) is 16.7 Å². The molecule has 1 rings (SSSR count). The van der Waals surface area contributed by atoms with Gasteiger partial charge in [-0.15, -0.1) is 0 Å². The molecule has 2 N–H and O–H groups in total. The molecule has 0 amide bonds. The summed E-state index contributed by atoms with van der Waals surface area (Å²) in [5.74, 6) is 1.03. The summed E-state index contributed by atoms with van der Waals surface area (Å²) in [6.07, 6.45) is 4.93. The number of nitrogens with one attached hydrogen (secondary N) is 1. The SMILES string of the molecule is CSCC(CCO)NCc1cn(C)nc1C. The van der Waals surface area contributed by atoms with Crippen LogP contribution in [-0.4, -0.2) is 39.5 Å². The minimum atomic E-state index is 0.240. The van der Waals surface area contributed by atoms with E-state index in [4.69, 9.17) is 5.11 Å². The number of hydrogen-bond acceptors (Lipinski definition) is 4. The summed E-state index contributed by atoms with van der Waals surface area (Å²) in [5.41, 5.74) is 2.30. The zero-order chi connectivity index (χ0) is 12.0. The van der Waals surface area contributed by atoms with Crippen molar-refractivity contribution in [3.05, 3.63) is 17.5 Å². The van der Waals surface area contributed by atoms with Crippen molar-refractivity contribution in [1.82, 2.24) is 15.1 Å². The van der Waals surface area contributed by atoms with Crippen molar-refractivity contribution in [2.24, 2.45) is 7.05 Å². The van der Waals surface area contributed by atoms with Gasteiger partial charge in [-0.3, -0.25) is 4.68 Å². The minimum Gasteiger partial charge on any atom is -0.396 e. The molecule has 1 heterocycles. The highest BCUT2D eigenvalue weighted by atomic mass is 32.2. The van der Waals surface area contributed by atoms with Gasteiger partial charge in [0, 0.05) is 43.8 Å². The smallest absolute Gasteiger partial charge is 0.0638 e. The van der Waals surface area contributed by atoms with Crippen molar-refractivity contribution >= 4 is 11.8 Å². The number of nitrogens with zero attached hydrogens (tertiary/aromatic N) is 2. The molecular weight excluding hydrogens is 222 g/mol. The summed E-state index contributed by atoms with van der Waals surface area (Å²) < 4.78 is 1.84. The average molecular weight is 243 g/mol. The topological polar surface area (TPSA) is 50.1 Å². The number of thioether (sulfide) groups is 1. The fraction of sp³-hybridized carbons (Fsp3) is 0.727. The van der Waals surface area contributed by atoms with E-state index in [1.165, 1.54) is 5.56 Å². The molecule has 0 aromatic carbocycles. The van der Waals surface area contributed by atoms with Gasteiger partial charge in [0.25, 0.3) is 0 Å². The first-order valence-electron chi connectivity index (χ1n) is 5.49. The third-order valence-corrected chi connectivity index (χ3v) is 3.28. The Morgan fingerprint density at radius 2 is 2.38 bits per heavy atom. The minimum absolute atomic E-state index is 0.240. The van der Waals surface area contributed by atoms with Crippen LogP contribution in [0.4, 0.5) is 0 Å². The van der Waals surface area contributed by atoms with Crippen molar-refractivity contribution in [3.8, 4) is 0 Å². The highest BCUT2D eigenvalue weighted by Gasteiger charge is 2.08. The van der Waals surface area contributed by atoms with Crippen LogP contribution in [0.15, 0.2) is 6.20 Å². The Hall–Kier alpha value is -0.520. The first-order valence-corrected chi connectivity index (χ1v) is 6.89. The predicted molar refractivity (Wildman–Crippen MR) is 68.7 cm³/mol. The Bertz CT molecular complexity index is 308. The van der Waals surface area contributed by atoms with E-state index in [1.807, 2.05) is 24.9 Å². The van der Waals surface area contributed by atoms with Crippen molar-refractivity contribution in [3.63, 3.8) is 0 Å². The van der Waals surface area contributed by atoms with Crippen molar-refractivity contribution in [2.75, 3.05) is 18.6 Å². The first-order chi connectivity index (χ1) is 7.67. The van der Waals surface area contributed by atoms with E-state index in [0.717, 1.165) is 24.4 Å². The van der Waals surface area contributed by atoms with Crippen LogP contribution in [-0.2, 0) is 13.6 Å². The van der Waals surface area contributed by atoms with Crippen molar-refractivity contribution in [1.29, 1.82) is 0 Å². The average Bonchev–Trinajstić information content (AvgIpc) is 2.54. The molecule has 0 fully saturated rings. The highest BCUT2D eigenvalue weighted by molar-refractivity contribution is 7.98. The molecule has 0 aliphatic heterocycles. The van der Waals surface area contributed by atoms with Gasteiger partial charge in [-0.25, -0.2) is 0 Å². The summed E-state index contributed by atoms with van der Waals surface area (Å²) in [5, 5.41) is 16.7. The molecule has 0 spiro atoms. The quantitative estimate of drug-likeness (QED) is 0.748. The number of hydrogen-bond donors (Lipinski definition) is 2. The zero-order valence-electron chi connectivity index (χ0n) is 10.2. The monoisotopic (exact) mass is 243 g/mol. The number of aliphatic hydroxyl groups is 1. The molecule has 16 heavy (non-hydrogen) atoms. The maximum Gasteiger partial charge on any atom is 0.0638 e. The van der Waals surface area contributed by atoms with Gasteiger partial charge >= 0.3 is 0 Å². The fourth-order valence-corrected chi connectivity index (χ4v) is 2.36. The summed E-state index contributed by atoms with van der Waals surface area (Å²) in [6.45, 7) is 3.09. The lowest BCUT2D eigenvalue weighted by molar-refractivity contribution is 0.269. The lowest BCUT2D eigenvalue weighted by Gasteiger charge is -2.16. The Morgan fingerprint density at radius 3 is 2.88 bits per heavy atom. The molecule has 4 nitrogen and oxygen atoms in total. The van der Waals surface area contributed by atoms with Crippen LogP contribution in [0.3, 0.4) is 0 Å². The van der Waals surface area contributed by atoms with E-state index in [1.54, 1.807) is 11.8 Å². The molecule has 5 heteroatoms. The Morgan fingerprint density at radius 1 is 1.62 bits per heavy atom. The molecule has 0 aliphatic carbocycles. The summed E-state index contributed by atoms with van der Waals surface area (Å²) in [4.78, 5) is 0. The van der Waals surface area contributed by atoms with Gasteiger partial charge in [0.05, 0.1) is 5.69 Å². The van der Waals surface area contributed by atoms with Gasteiger partial charge in [-0.2, -0.15) is 16.9 Å². The van der Waals surface area contributed by atoms with Crippen LogP contribution in [0.25, 0.3) is 0 Å². The first kappa shape index (κ1) is 13.5. The third kappa shape index (κ3) is 4.15. The number of rotatable bonds is 7. The van der Waals surface area contributed by atoms with Gasteiger partial charge in [-0.05, 0) is 19.6 Å². The molecule has 0 bridgehead atoms. The number of aryl methyl sites for hydroxylation is 2. The van der Waals surface area contributed by atoms with Crippen molar-refractivity contribution < 1.29 is 5.11 Å². The highest BCUT2D eigenvalue weighted by Crippen LogP contribution is 2.07. The van der Waals surface area contributed by atoms with Gasteiger partial charge in [-0.1, -0.05) is 0 Å². The molecule has 1 aromatic heterocycles. The second-order valence-electron chi connectivity index (χ2n) is 3.96. The predicted octanol–water partition coefficient (Wildman–Crippen LogP) is 0.932. The maximum absolute atomic E-state index is 8.95. The van der Waals surface area contributed by atoms with Gasteiger partial charge < -0.3 is 10.4 Å². The third-order valence-electron chi connectivity index (χ3n) is 2.54. The summed E-state index contributed by atoms with van der Waals surface area (Å²) in [6, 6.07) is 0.375. The Kier molecular flexibility index (Phi) is 5.87. The molecule has 1 aromatic rings. The molecule has 0 radical (unpaired) electrons. The van der Waals surface area contributed by atoms with Crippen LogP contribution < -0.4 is 5.32 Å². The van der Waals surface area contributed by atoms with Crippen LogP contribution in [0, 0.1) is 6.92 Å². The van der Waals surface area contributed by atoms with E-state index in [0.29, 0.717) is 6.04 Å². The van der Waals surface area contributed by atoms with Gasteiger partial charge in [0.1, 0.15) is 0 Å². The maximum atomic E-state index is 8.95. The molecule has 1 atom stereocenters. The number of aromatic nitrogens is 2. The Balaban J connectivity index is 2.44. The lowest BCUT2D eigenvalue weighted by atomic mass is 10.2. The van der Waals surface area contributed by atoms with E-state index in [9.17, 15) is 0 Å². The molecule has 92 valence electrons. The molecular formula is C11H21N3OS. The Labute approximate surface area is 101 Å². The van der Waals surface area contributed by atoms with E-state index < -0.39 is 0 Å². The van der Waals surface area contributed by atoms with Crippen LogP contribution >= 0.6 is 11.8 Å². The molecule has 0 saturated heterocycles. The number of aliphatic hydroxyl groups excluding tert-OH is 1. The largest absolute Gasteiger partial charge is 0.396 e. The fourth-order valence-electron chi connectivity index (χ4n) is 1.68. The lowest BCUT2D eigenvalue weighted by Crippen LogP contribution is -2.31. The molecule has 1 unspecified atom stereocenters.